The molecular formula is C10H12FN3O3. The second kappa shape index (κ2) is 4.52. The maximum absolute atomic E-state index is 12.9. The number of hydrogen-bond acceptors (Lipinski definition) is 3. The number of amides is 1. The van der Waals surface area contributed by atoms with E-state index in [0.29, 0.717) is 10.8 Å². The Balaban J connectivity index is 2.21. The van der Waals surface area contributed by atoms with Gasteiger partial charge in [0, 0.05) is 6.04 Å². The number of halogens is 1. The highest BCUT2D eigenvalue weighted by Crippen LogP contribution is 2.17. The molecule has 92 valence electrons. The first-order chi connectivity index (χ1) is 8.08. The summed E-state index contributed by atoms with van der Waals surface area (Å²) in [4.78, 5) is 35.4. The fourth-order valence-electron chi connectivity index (χ4n) is 1.91. The molecule has 2 N–H and O–H groups in total. The maximum Gasteiger partial charge on any atom is 0.336 e. The van der Waals surface area contributed by atoms with Crippen molar-refractivity contribution in [2.24, 2.45) is 0 Å². The highest BCUT2D eigenvalue weighted by atomic mass is 19.1. The van der Waals surface area contributed by atoms with E-state index in [1.54, 1.807) is 4.98 Å². The minimum absolute atomic E-state index is 0.0180. The first-order valence-electron chi connectivity index (χ1n) is 5.40. The minimum Gasteiger partial charge on any atom is -0.335 e. The molecule has 0 bridgehead atoms. The lowest BCUT2D eigenvalue weighted by Gasteiger charge is -2.12. The summed E-state index contributed by atoms with van der Waals surface area (Å²) < 4.78 is 13.5. The molecule has 1 aromatic heterocycles. The van der Waals surface area contributed by atoms with Crippen LogP contribution in [0.15, 0.2) is 15.8 Å². The third kappa shape index (κ3) is 2.43. The van der Waals surface area contributed by atoms with Gasteiger partial charge in [0.15, 0.2) is 0 Å². The van der Waals surface area contributed by atoms with Crippen LogP contribution in [0.4, 0.5) is 9.18 Å². The van der Waals surface area contributed by atoms with Gasteiger partial charge in [0.2, 0.25) is 5.82 Å². The average Bonchev–Trinajstić information content (AvgIpc) is 2.76. The number of rotatable bonds is 1. The monoisotopic (exact) mass is 241 g/mol. The molecule has 0 unspecified atom stereocenters. The molecule has 7 heteroatoms. The van der Waals surface area contributed by atoms with Gasteiger partial charge >= 0.3 is 11.7 Å². The SMILES string of the molecule is O=C(NC1CCCC1)n1cc(F)c(=O)[nH]c1=O. The molecule has 2 rings (SSSR count). The highest BCUT2D eigenvalue weighted by molar-refractivity contribution is 5.76. The molecule has 0 radical (unpaired) electrons. The van der Waals surface area contributed by atoms with E-state index in [1.807, 2.05) is 0 Å². The summed E-state index contributed by atoms with van der Waals surface area (Å²) in [5.74, 6) is -1.16. The summed E-state index contributed by atoms with van der Waals surface area (Å²) >= 11 is 0. The molecule has 1 fully saturated rings. The summed E-state index contributed by atoms with van der Waals surface area (Å²) in [6, 6.07) is -0.693. The number of aromatic amines is 1. The molecule has 0 atom stereocenters. The molecule has 6 nitrogen and oxygen atoms in total. The van der Waals surface area contributed by atoms with Crippen LogP contribution < -0.4 is 16.6 Å². The molecule has 0 aliphatic heterocycles. The largest absolute Gasteiger partial charge is 0.336 e. The second-order valence-corrected chi connectivity index (χ2v) is 4.04. The van der Waals surface area contributed by atoms with Gasteiger partial charge in [-0.2, -0.15) is 4.39 Å². The van der Waals surface area contributed by atoms with Crippen LogP contribution in [0.3, 0.4) is 0 Å². The average molecular weight is 241 g/mol. The minimum atomic E-state index is -1.16. The van der Waals surface area contributed by atoms with E-state index in [4.69, 9.17) is 0 Å². The predicted octanol–water partition coefficient (Wildman–Crippen LogP) is 0.176. The van der Waals surface area contributed by atoms with E-state index in [9.17, 15) is 18.8 Å². The molecular weight excluding hydrogens is 229 g/mol. The number of aromatic nitrogens is 2. The number of hydrogen-bond donors (Lipinski definition) is 2. The van der Waals surface area contributed by atoms with Gasteiger partial charge in [-0.05, 0) is 12.8 Å². The second-order valence-electron chi connectivity index (χ2n) is 4.04. The van der Waals surface area contributed by atoms with Gasteiger partial charge in [0.25, 0.3) is 5.56 Å². The summed E-state index contributed by atoms with van der Waals surface area (Å²) in [6.45, 7) is 0. The van der Waals surface area contributed by atoms with E-state index in [-0.39, 0.29) is 6.04 Å². The van der Waals surface area contributed by atoms with Gasteiger partial charge < -0.3 is 5.32 Å². The molecule has 1 aliphatic carbocycles. The third-order valence-corrected chi connectivity index (χ3v) is 2.80. The van der Waals surface area contributed by atoms with E-state index < -0.39 is 23.1 Å². The zero-order chi connectivity index (χ0) is 12.4. The van der Waals surface area contributed by atoms with Crippen LogP contribution in [0.25, 0.3) is 0 Å². The van der Waals surface area contributed by atoms with E-state index in [0.717, 1.165) is 25.7 Å². The highest BCUT2D eigenvalue weighted by Gasteiger charge is 2.19. The molecule has 1 heterocycles. The molecule has 1 saturated carbocycles. The van der Waals surface area contributed by atoms with Crippen LogP contribution in [0.2, 0.25) is 0 Å². The summed E-state index contributed by atoms with van der Waals surface area (Å²) in [5, 5.41) is 2.62. The number of H-pyrrole nitrogens is 1. The van der Waals surface area contributed by atoms with Crippen molar-refractivity contribution >= 4 is 6.03 Å². The van der Waals surface area contributed by atoms with Crippen LogP contribution in [0.1, 0.15) is 25.7 Å². The Kier molecular flexibility index (Phi) is 3.08. The molecule has 1 aliphatic rings. The molecule has 0 spiro atoms. The van der Waals surface area contributed by atoms with Crippen LogP contribution in [0.5, 0.6) is 0 Å². The van der Waals surface area contributed by atoms with Crippen LogP contribution >= 0.6 is 0 Å². The van der Waals surface area contributed by atoms with Gasteiger partial charge in [0.1, 0.15) is 0 Å². The van der Waals surface area contributed by atoms with Crippen LogP contribution in [-0.4, -0.2) is 21.6 Å². The normalized spacial score (nSPS) is 16.1. The van der Waals surface area contributed by atoms with Gasteiger partial charge in [-0.1, -0.05) is 12.8 Å². The van der Waals surface area contributed by atoms with Crippen LogP contribution in [-0.2, 0) is 0 Å². The zero-order valence-electron chi connectivity index (χ0n) is 9.03. The van der Waals surface area contributed by atoms with Gasteiger partial charge in [0.05, 0.1) is 6.20 Å². The van der Waals surface area contributed by atoms with Gasteiger partial charge in [-0.3, -0.25) is 9.78 Å². The van der Waals surface area contributed by atoms with Crippen LogP contribution in [0, 0.1) is 5.82 Å². The Morgan fingerprint density at radius 2 is 2.06 bits per heavy atom. The number of carbonyl (C=O) groups excluding carboxylic acids is 1. The van der Waals surface area contributed by atoms with Crippen molar-refractivity contribution in [2.75, 3.05) is 0 Å². The Morgan fingerprint density at radius 1 is 1.41 bits per heavy atom. The fraction of sp³-hybridized carbons (Fsp3) is 0.500. The van der Waals surface area contributed by atoms with E-state index in [1.165, 1.54) is 0 Å². The van der Waals surface area contributed by atoms with Gasteiger partial charge in [-0.15, -0.1) is 0 Å². The Labute approximate surface area is 95.5 Å². The lowest BCUT2D eigenvalue weighted by Crippen LogP contribution is -2.43. The van der Waals surface area contributed by atoms with Gasteiger partial charge in [-0.25, -0.2) is 14.2 Å². The Morgan fingerprint density at radius 3 is 2.71 bits per heavy atom. The molecule has 1 amide bonds. The molecule has 0 saturated heterocycles. The Bertz CT molecular complexity index is 542. The standard InChI is InChI=1S/C10H12FN3O3/c11-7-5-14(10(17)13-8(7)15)9(16)12-6-3-1-2-4-6/h5-6H,1-4H2,(H,12,16)(H,13,15,17). The number of nitrogens with one attached hydrogen (secondary N) is 2. The zero-order valence-corrected chi connectivity index (χ0v) is 9.03. The van der Waals surface area contributed by atoms with Crippen molar-refractivity contribution < 1.29 is 9.18 Å². The number of nitrogens with zero attached hydrogens (tertiary/aromatic N) is 1. The van der Waals surface area contributed by atoms with Crippen molar-refractivity contribution in [1.29, 1.82) is 0 Å². The van der Waals surface area contributed by atoms with Crippen molar-refractivity contribution in [3.8, 4) is 0 Å². The van der Waals surface area contributed by atoms with Crippen molar-refractivity contribution in [2.45, 2.75) is 31.7 Å². The predicted molar refractivity (Wildman–Crippen MR) is 57.5 cm³/mol. The summed E-state index contributed by atoms with van der Waals surface area (Å²) in [5.41, 5.74) is -2.06. The third-order valence-electron chi connectivity index (χ3n) is 2.80. The maximum atomic E-state index is 12.9. The molecule has 0 aromatic carbocycles. The smallest absolute Gasteiger partial charge is 0.335 e. The van der Waals surface area contributed by atoms with E-state index >= 15 is 0 Å². The summed E-state index contributed by atoms with van der Waals surface area (Å²) in [7, 11) is 0. The molecule has 17 heavy (non-hydrogen) atoms. The fourth-order valence-corrected chi connectivity index (χ4v) is 1.91. The lowest BCUT2D eigenvalue weighted by molar-refractivity contribution is 0.237. The molecule has 1 aromatic rings. The quantitative estimate of drug-likeness (QED) is 0.735. The topological polar surface area (TPSA) is 84.0 Å². The Hall–Kier alpha value is -1.92. The first-order valence-corrected chi connectivity index (χ1v) is 5.40. The van der Waals surface area contributed by atoms with Crippen molar-refractivity contribution in [3.05, 3.63) is 32.9 Å². The summed E-state index contributed by atoms with van der Waals surface area (Å²) in [6.07, 6.45) is 4.36. The number of carbonyl (C=O) groups is 1. The van der Waals surface area contributed by atoms with E-state index in [2.05, 4.69) is 5.32 Å². The lowest BCUT2D eigenvalue weighted by atomic mass is 10.2. The first kappa shape index (κ1) is 11.6. The van der Waals surface area contributed by atoms with Crippen molar-refractivity contribution in [1.82, 2.24) is 14.9 Å². The van der Waals surface area contributed by atoms with Crippen molar-refractivity contribution in [3.63, 3.8) is 0 Å².